The molecule has 0 saturated heterocycles. The molecule has 35 heavy (non-hydrogen) atoms. The van der Waals surface area contributed by atoms with Crippen LogP contribution in [0.3, 0.4) is 0 Å². The van der Waals surface area contributed by atoms with Crippen molar-refractivity contribution in [3.8, 4) is 34.0 Å². The van der Waals surface area contributed by atoms with E-state index in [1.807, 2.05) is 31.5 Å². The van der Waals surface area contributed by atoms with Crippen LogP contribution in [-0.4, -0.2) is 63.3 Å². The summed E-state index contributed by atoms with van der Waals surface area (Å²) in [6, 6.07) is 7.63. The van der Waals surface area contributed by atoms with E-state index in [1.165, 1.54) is 24.4 Å². The van der Waals surface area contributed by atoms with E-state index in [9.17, 15) is 14.3 Å². The largest absolute Gasteiger partial charge is 0.493 e. The van der Waals surface area contributed by atoms with Gasteiger partial charge in [0.2, 0.25) is 5.88 Å². The number of carbonyl (C=O) groups excluding carboxylic acids is 1. The lowest BCUT2D eigenvalue weighted by Gasteiger charge is -2.30. The fourth-order valence-corrected chi connectivity index (χ4v) is 3.82. The van der Waals surface area contributed by atoms with Crippen molar-refractivity contribution in [3.63, 3.8) is 0 Å². The maximum atomic E-state index is 14.0. The van der Waals surface area contributed by atoms with Gasteiger partial charge in [0.1, 0.15) is 23.8 Å². The number of rotatable bonds is 6. The van der Waals surface area contributed by atoms with E-state index in [2.05, 4.69) is 4.98 Å². The summed E-state index contributed by atoms with van der Waals surface area (Å²) >= 11 is 0. The van der Waals surface area contributed by atoms with Gasteiger partial charge in [0.15, 0.2) is 0 Å². The molecule has 1 N–H and O–H groups in total. The van der Waals surface area contributed by atoms with Crippen LogP contribution >= 0.6 is 0 Å². The average molecular weight is 485 g/mol. The molecular formula is C25H29FN4O5. The Hall–Kier alpha value is -3.66. The number of hydrogen-bond acceptors (Lipinski definition) is 7. The Morgan fingerprint density at radius 2 is 1.91 bits per heavy atom. The van der Waals surface area contributed by atoms with Crippen molar-refractivity contribution >= 4 is 6.09 Å². The van der Waals surface area contributed by atoms with E-state index >= 15 is 0 Å². The molecule has 1 aliphatic rings. The lowest BCUT2D eigenvalue weighted by atomic mass is 9.98. The van der Waals surface area contributed by atoms with Gasteiger partial charge in [-0.05, 0) is 39.0 Å². The maximum Gasteiger partial charge on any atom is 0.410 e. The van der Waals surface area contributed by atoms with Crippen LogP contribution in [0.4, 0.5) is 9.18 Å². The molecule has 186 valence electrons. The minimum Gasteiger partial charge on any atom is -0.493 e. The highest BCUT2D eigenvalue weighted by atomic mass is 19.1. The zero-order chi connectivity index (χ0) is 25.2. The van der Waals surface area contributed by atoms with Gasteiger partial charge in [-0.25, -0.2) is 14.2 Å². The molecule has 3 aromatic rings. The molecule has 3 heterocycles. The summed E-state index contributed by atoms with van der Waals surface area (Å²) in [5, 5.41) is 14.8. The lowest BCUT2D eigenvalue weighted by Crippen LogP contribution is -2.41. The predicted octanol–water partition coefficient (Wildman–Crippen LogP) is 4.23. The summed E-state index contributed by atoms with van der Waals surface area (Å²) in [4.78, 5) is 18.2. The second kappa shape index (κ2) is 9.91. The molecule has 4 rings (SSSR count). The number of nitrogens with zero attached hydrogens (tertiary/aromatic N) is 4. The van der Waals surface area contributed by atoms with Crippen molar-refractivity contribution in [3.05, 3.63) is 48.0 Å². The van der Waals surface area contributed by atoms with Gasteiger partial charge < -0.3 is 24.2 Å². The molecule has 0 saturated carbocycles. The Bertz CT molecular complexity index is 1220. The van der Waals surface area contributed by atoms with Crippen molar-refractivity contribution < 1.29 is 28.5 Å². The Balaban J connectivity index is 1.68. The van der Waals surface area contributed by atoms with Gasteiger partial charge >= 0.3 is 6.09 Å². The number of methoxy groups -OCH3 is 1. The highest BCUT2D eigenvalue weighted by Crippen LogP contribution is 2.38. The first-order valence-electron chi connectivity index (χ1n) is 11.3. The number of pyridine rings is 1. The first kappa shape index (κ1) is 24.5. The molecule has 0 aliphatic carbocycles. The first-order chi connectivity index (χ1) is 16.6. The molecule has 0 fully saturated rings. The highest BCUT2D eigenvalue weighted by Gasteiger charge is 2.27. The van der Waals surface area contributed by atoms with E-state index in [0.29, 0.717) is 54.4 Å². The predicted molar refractivity (Wildman–Crippen MR) is 127 cm³/mol. The third-order valence-electron chi connectivity index (χ3n) is 5.39. The zero-order valence-corrected chi connectivity index (χ0v) is 20.2. The van der Waals surface area contributed by atoms with Crippen LogP contribution in [0.2, 0.25) is 0 Å². The van der Waals surface area contributed by atoms with E-state index in [0.717, 1.165) is 5.69 Å². The summed E-state index contributed by atoms with van der Waals surface area (Å²) in [5.74, 6) is -0.279. The van der Waals surface area contributed by atoms with Crippen molar-refractivity contribution in [1.82, 2.24) is 19.7 Å². The monoisotopic (exact) mass is 484 g/mol. The van der Waals surface area contributed by atoms with Crippen molar-refractivity contribution in [2.24, 2.45) is 0 Å². The number of aromatic hydroxyl groups is 1. The number of amides is 1. The van der Waals surface area contributed by atoms with Crippen LogP contribution in [-0.2, 0) is 22.6 Å². The van der Waals surface area contributed by atoms with E-state index in [4.69, 9.17) is 19.3 Å². The third kappa shape index (κ3) is 5.71. The maximum absolute atomic E-state index is 14.0. The number of carbonyl (C=O) groups is 1. The zero-order valence-electron chi connectivity index (χ0n) is 20.2. The van der Waals surface area contributed by atoms with Crippen molar-refractivity contribution in [1.29, 1.82) is 0 Å². The molecule has 0 unspecified atom stereocenters. The topological polar surface area (TPSA) is 98.9 Å². The quantitative estimate of drug-likeness (QED) is 0.523. The van der Waals surface area contributed by atoms with Crippen LogP contribution in [0.5, 0.6) is 11.6 Å². The molecule has 1 aromatic carbocycles. The molecular weight excluding hydrogens is 455 g/mol. The number of halogens is 1. The SMILES string of the molecule is COCCOc1cc(F)ccc1-c1cnc(O)cc1-c1cc2n(n1)CCN(C(=O)OC(C)(C)C)C2. The minimum absolute atomic E-state index is 0.172. The molecule has 0 spiro atoms. The van der Waals surface area contributed by atoms with Gasteiger partial charge in [0, 0.05) is 48.7 Å². The second-order valence-electron chi connectivity index (χ2n) is 9.22. The first-order valence-corrected chi connectivity index (χ1v) is 11.3. The molecule has 1 amide bonds. The normalized spacial score (nSPS) is 13.5. The Labute approximate surface area is 203 Å². The van der Waals surface area contributed by atoms with E-state index in [1.54, 1.807) is 18.1 Å². The summed E-state index contributed by atoms with van der Waals surface area (Å²) in [5.41, 5.74) is 2.66. The molecule has 0 bridgehead atoms. The molecule has 2 aromatic heterocycles. The summed E-state index contributed by atoms with van der Waals surface area (Å²) < 4.78 is 32.1. The molecule has 0 radical (unpaired) electrons. The number of ether oxygens (including phenoxy) is 3. The van der Waals surface area contributed by atoms with Gasteiger partial charge in [-0.15, -0.1) is 0 Å². The Kier molecular flexibility index (Phi) is 6.93. The standard InChI is InChI=1S/C25H29FN4O5/c1-25(2,3)35-24(32)29-7-8-30-17(15-29)12-21(28-30)19-13-23(31)27-14-20(19)18-6-5-16(26)11-22(18)34-10-9-33-4/h5-6,11-14H,7-10,15H2,1-4H3,(H,27,31). The van der Waals surface area contributed by atoms with E-state index < -0.39 is 11.4 Å². The summed E-state index contributed by atoms with van der Waals surface area (Å²) in [6.07, 6.45) is 1.13. The Morgan fingerprint density at radius 1 is 1.11 bits per heavy atom. The summed E-state index contributed by atoms with van der Waals surface area (Å²) in [6.45, 7) is 7.39. The summed E-state index contributed by atoms with van der Waals surface area (Å²) in [7, 11) is 1.56. The van der Waals surface area contributed by atoms with Crippen LogP contribution in [0.15, 0.2) is 36.5 Å². The number of fused-ring (bicyclic) bond motifs is 1. The van der Waals surface area contributed by atoms with E-state index in [-0.39, 0.29) is 18.6 Å². The fourth-order valence-electron chi connectivity index (χ4n) is 3.82. The third-order valence-corrected chi connectivity index (χ3v) is 5.39. The van der Waals surface area contributed by atoms with Gasteiger partial charge in [0.05, 0.1) is 31.1 Å². The van der Waals surface area contributed by atoms with Gasteiger partial charge in [0.25, 0.3) is 0 Å². The van der Waals surface area contributed by atoms with Gasteiger partial charge in [-0.2, -0.15) is 5.10 Å². The molecule has 1 aliphatic heterocycles. The number of aromatic nitrogens is 3. The smallest absolute Gasteiger partial charge is 0.410 e. The number of hydrogen-bond donors (Lipinski definition) is 1. The van der Waals surface area contributed by atoms with Crippen LogP contribution in [0.25, 0.3) is 22.4 Å². The van der Waals surface area contributed by atoms with Crippen LogP contribution in [0.1, 0.15) is 26.5 Å². The van der Waals surface area contributed by atoms with Gasteiger partial charge in [-0.1, -0.05) is 0 Å². The molecule has 9 nitrogen and oxygen atoms in total. The molecule has 10 heteroatoms. The lowest BCUT2D eigenvalue weighted by molar-refractivity contribution is 0.0194. The minimum atomic E-state index is -0.582. The Morgan fingerprint density at radius 3 is 2.66 bits per heavy atom. The highest BCUT2D eigenvalue weighted by molar-refractivity contribution is 5.85. The van der Waals surface area contributed by atoms with Crippen molar-refractivity contribution in [2.45, 2.75) is 39.5 Å². The second-order valence-corrected chi connectivity index (χ2v) is 9.22. The average Bonchev–Trinajstić information content (AvgIpc) is 3.22. The van der Waals surface area contributed by atoms with Crippen LogP contribution in [0, 0.1) is 5.82 Å². The van der Waals surface area contributed by atoms with Gasteiger partial charge in [-0.3, -0.25) is 4.68 Å². The van der Waals surface area contributed by atoms with Crippen molar-refractivity contribution in [2.75, 3.05) is 26.9 Å². The van der Waals surface area contributed by atoms with Crippen LogP contribution < -0.4 is 4.74 Å². The fraction of sp³-hybridized carbons (Fsp3) is 0.400. The molecule has 0 atom stereocenters. The number of benzene rings is 1.